The molecule has 174 valence electrons. The van der Waals surface area contributed by atoms with Gasteiger partial charge in [0.15, 0.2) is 5.78 Å². The zero-order valence-electron chi connectivity index (χ0n) is 18.7. The minimum Gasteiger partial charge on any atom is -0.497 e. The van der Waals surface area contributed by atoms with E-state index in [-0.39, 0.29) is 29.0 Å². The molecule has 1 heterocycles. The highest BCUT2D eigenvalue weighted by molar-refractivity contribution is 7.98. The van der Waals surface area contributed by atoms with Gasteiger partial charge in [-0.25, -0.2) is 0 Å². The average molecular weight is 487 g/mol. The molecule has 1 N–H and O–H groups in total. The molecule has 1 aliphatic heterocycles. The van der Waals surface area contributed by atoms with Crippen molar-refractivity contribution >= 4 is 53.6 Å². The number of carbonyl (C=O) groups is 4. The monoisotopic (exact) mass is 486 g/mol. The highest BCUT2D eigenvalue weighted by atomic mass is 32.2. The topological polar surface area (TPSA) is 92.8 Å². The third-order valence-electron chi connectivity index (χ3n) is 5.40. The van der Waals surface area contributed by atoms with Gasteiger partial charge in [-0.2, -0.15) is 11.8 Å². The van der Waals surface area contributed by atoms with Crippen LogP contribution in [0.2, 0.25) is 0 Å². The Balaban J connectivity index is 2.01. The lowest BCUT2D eigenvalue weighted by Crippen LogP contribution is -2.45. The summed E-state index contributed by atoms with van der Waals surface area (Å²) in [6.45, 7) is 1.87. The Labute approximate surface area is 202 Å². The summed E-state index contributed by atoms with van der Waals surface area (Å²) in [4.78, 5) is 53.8. The first-order valence-corrected chi connectivity index (χ1v) is 12.4. The van der Waals surface area contributed by atoms with Gasteiger partial charge in [-0.1, -0.05) is 19.4 Å². The van der Waals surface area contributed by atoms with Crippen LogP contribution in [0.4, 0.5) is 5.69 Å². The maximum absolute atomic E-state index is 13.8. The van der Waals surface area contributed by atoms with Gasteiger partial charge in [0.05, 0.1) is 23.9 Å². The van der Waals surface area contributed by atoms with E-state index in [0.717, 1.165) is 4.90 Å². The minimum atomic E-state index is -1.02. The van der Waals surface area contributed by atoms with Gasteiger partial charge in [-0.3, -0.25) is 24.1 Å². The number of amides is 3. The molecule has 2 aromatic carbocycles. The van der Waals surface area contributed by atoms with Gasteiger partial charge in [-0.15, -0.1) is 12.6 Å². The van der Waals surface area contributed by atoms with Gasteiger partial charge in [0, 0.05) is 22.6 Å². The molecule has 7 nitrogen and oxygen atoms in total. The molecular formula is C24H26N2O5S2. The Hall–Kier alpha value is -2.78. The zero-order chi connectivity index (χ0) is 24.1. The quantitative estimate of drug-likeness (QED) is 0.295. The van der Waals surface area contributed by atoms with Crippen molar-refractivity contribution < 1.29 is 23.9 Å². The van der Waals surface area contributed by atoms with Crippen molar-refractivity contribution in [2.24, 2.45) is 0 Å². The third-order valence-corrected chi connectivity index (χ3v) is 6.39. The number of imide groups is 1. The van der Waals surface area contributed by atoms with Crippen LogP contribution in [0.25, 0.3) is 0 Å². The number of fused-ring (bicyclic) bond motifs is 1. The minimum absolute atomic E-state index is 0.188. The van der Waals surface area contributed by atoms with Crippen molar-refractivity contribution in [3.8, 4) is 5.75 Å². The number of Topliss-reactive ketones (excluding diaryl/α,β-unsaturated/α-hetero) is 1. The smallest absolute Gasteiger partial charge is 0.263 e. The highest BCUT2D eigenvalue weighted by Gasteiger charge is 2.43. The summed E-state index contributed by atoms with van der Waals surface area (Å²) in [5.41, 5.74) is 0.945. The number of hydrogen-bond donors (Lipinski definition) is 2. The molecule has 1 atom stereocenters. The first-order chi connectivity index (χ1) is 15.8. The van der Waals surface area contributed by atoms with E-state index in [1.807, 2.05) is 13.2 Å². The molecule has 1 unspecified atom stereocenters. The van der Waals surface area contributed by atoms with Crippen molar-refractivity contribution in [3.05, 3.63) is 53.1 Å². The fraction of sp³-hybridized carbons (Fsp3) is 0.333. The second-order valence-corrected chi connectivity index (χ2v) is 9.02. The number of thiol groups is 1. The second-order valence-electron chi connectivity index (χ2n) is 7.55. The van der Waals surface area contributed by atoms with Crippen LogP contribution >= 0.6 is 24.4 Å². The number of benzene rings is 2. The number of hydrogen-bond acceptors (Lipinski definition) is 7. The lowest BCUT2D eigenvalue weighted by molar-refractivity contribution is -0.115. The van der Waals surface area contributed by atoms with Gasteiger partial charge in [-0.05, 0) is 43.0 Å². The molecule has 1 aliphatic rings. The van der Waals surface area contributed by atoms with Crippen molar-refractivity contribution in [1.29, 1.82) is 0 Å². The van der Waals surface area contributed by atoms with Gasteiger partial charge in [0.1, 0.15) is 11.8 Å². The zero-order valence-corrected chi connectivity index (χ0v) is 20.4. The molecule has 0 fully saturated rings. The molecular weight excluding hydrogens is 460 g/mol. The average Bonchev–Trinajstić information content (AvgIpc) is 3.06. The molecule has 0 spiro atoms. The van der Waals surface area contributed by atoms with Gasteiger partial charge >= 0.3 is 0 Å². The Morgan fingerprint density at radius 2 is 1.94 bits per heavy atom. The largest absolute Gasteiger partial charge is 0.497 e. The summed E-state index contributed by atoms with van der Waals surface area (Å²) in [6.07, 6.45) is 3.05. The van der Waals surface area contributed by atoms with Gasteiger partial charge in [0.25, 0.3) is 11.8 Å². The van der Waals surface area contributed by atoms with E-state index in [4.69, 9.17) is 4.74 Å². The molecule has 0 saturated heterocycles. The Morgan fingerprint density at radius 1 is 1.18 bits per heavy atom. The van der Waals surface area contributed by atoms with Crippen LogP contribution in [-0.2, 0) is 4.79 Å². The van der Waals surface area contributed by atoms with Crippen LogP contribution < -0.4 is 10.1 Å². The van der Waals surface area contributed by atoms with E-state index in [1.165, 1.54) is 13.2 Å². The molecule has 0 aromatic heterocycles. The number of carbonyl (C=O) groups excluding carboxylic acids is 4. The third kappa shape index (κ3) is 5.09. The van der Waals surface area contributed by atoms with Crippen LogP contribution in [0.5, 0.6) is 5.75 Å². The van der Waals surface area contributed by atoms with E-state index < -0.39 is 23.6 Å². The van der Waals surface area contributed by atoms with E-state index in [9.17, 15) is 19.2 Å². The number of anilines is 1. The molecule has 0 radical (unpaired) electrons. The molecule has 0 aliphatic carbocycles. The van der Waals surface area contributed by atoms with Crippen LogP contribution in [0.15, 0.2) is 41.3 Å². The summed E-state index contributed by atoms with van der Waals surface area (Å²) in [7, 11) is 1.47. The molecule has 2 aromatic rings. The summed E-state index contributed by atoms with van der Waals surface area (Å²) >= 11 is 5.87. The lowest BCUT2D eigenvalue weighted by Gasteiger charge is -2.26. The van der Waals surface area contributed by atoms with E-state index in [1.54, 1.807) is 42.1 Å². The van der Waals surface area contributed by atoms with Gasteiger partial charge < -0.3 is 10.1 Å². The number of nitrogens with one attached hydrogen (secondary N) is 1. The Morgan fingerprint density at radius 3 is 2.58 bits per heavy atom. The SMILES string of the molecule is CCCC(C(=O)c1cc(OC)ccc1NC(=O)CCSC)N1C(=O)c2cccc(S)c2C1=O. The first-order valence-electron chi connectivity index (χ1n) is 10.5. The van der Waals surface area contributed by atoms with Crippen LogP contribution in [0.3, 0.4) is 0 Å². The number of rotatable bonds is 10. The van der Waals surface area contributed by atoms with Crippen molar-refractivity contribution in [3.63, 3.8) is 0 Å². The van der Waals surface area contributed by atoms with Crippen LogP contribution in [0.1, 0.15) is 57.3 Å². The second kappa shape index (κ2) is 10.9. The van der Waals surface area contributed by atoms with Crippen molar-refractivity contribution in [2.45, 2.75) is 37.1 Å². The number of nitrogens with zero attached hydrogens (tertiary/aromatic N) is 1. The first kappa shape index (κ1) is 24.9. The van der Waals surface area contributed by atoms with Crippen molar-refractivity contribution in [2.75, 3.05) is 24.4 Å². The highest BCUT2D eigenvalue weighted by Crippen LogP contribution is 2.33. The number of methoxy groups -OCH3 is 1. The van der Waals surface area contributed by atoms with Crippen LogP contribution in [-0.4, -0.2) is 53.6 Å². The number of ether oxygens (including phenoxy) is 1. The standard InChI is InChI=1S/C24H26N2O5S2/c1-4-6-18(26-23(29)15-7-5-8-19(32)21(15)24(26)30)22(28)16-13-14(31-2)9-10-17(16)25-20(27)11-12-33-3/h5,7-10,13,18,32H,4,6,11-12H2,1-3H3,(H,25,27). The number of ketones is 1. The normalized spacial score (nSPS) is 13.6. The fourth-order valence-electron chi connectivity index (χ4n) is 3.77. The summed E-state index contributed by atoms with van der Waals surface area (Å²) in [5, 5.41) is 2.78. The Kier molecular flexibility index (Phi) is 8.20. The van der Waals surface area contributed by atoms with Gasteiger partial charge in [0.2, 0.25) is 5.91 Å². The molecule has 0 saturated carbocycles. The molecule has 9 heteroatoms. The summed E-state index contributed by atoms with van der Waals surface area (Å²) in [6, 6.07) is 8.59. The van der Waals surface area contributed by atoms with Crippen LogP contribution in [0, 0.1) is 0 Å². The number of thioether (sulfide) groups is 1. The summed E-state index contributed by atoms with van der Waals surface area (Å²) in [5.74, 6) is -0.657. The molecule has 3 rings (SSSR count). The van der Waals surface area contributed by atoms with E-state index in [2.05, 4.69) is 17.9 Å². The maximum Gasteiger partial charge on any atom is 0.263 e. The summed E-state index contributed by atoms with van der Waals surface area (Å²) < 4.78 is 5.28. The fourth-order valence-corrected chi connectivity index (χ4v) is 4.46. The maximum atomic E-state index is 13.8. The molecule has 33 heavy (non-hydrogen) atoms. The van der Waals surface area contributed by atoms with Crippen molar-refractivity contribution in [1.82, 2.24) is 4.90 Å². The molecule has 3 amide bonds. The van der Waals surface area contributed by atoms with E-state index in [0.29, 0.717) is 34.9 Å². The Bertz CT molecular complexity index is 1100. The predicted molar refractivity (Wildman–Crippen MR) is 132 cm³/mol. The predicted octanol–water partition coefficient (Wildman–Crippen LogP) is 4.32. The lowest BCUT2D eigenvalue weighted by atomic mass is 9.97. The van der Waals surface area contributed by atoms with E-state index >= 15 is 0 Å². The molecule has 0 bridgehead atoms.